The van der Waals surface area contributed by atoms with Crippen molar-refractivity contribution in [3.8, 4) is 0 Å². The summed E-state index contributed by atoms with van der Waals surface area (Å²) in [6.45, 7) is 3.31. The molecule has 1 aromatic rings. The van der Waals surface area contributed by atoms with Gasteiger partial charge in [-0.15, -0.1) is 11.3 Å². The quantitative estimate of drug-likeness (QED) is 0.857. The Kier molecular flexibility index (Phi) is 5.70. The molecule has 0 aliphatic rings. The number of nitrogens with zero attached hydrogens (tertiary/aromatic N) is 1. The number of thiophene rings is 1. The van der Waals surface area contributed by atoms with Gasteiger partial charge in [-0.05, 0) is 48.6 Å². The lowest BCUT2D eigenvalue weighted by Crippen LogP contribution is -2.28. The fraction of sp³-hybridized carbons (Fsp3) is 0.600. The van der Waals surface area contributed by atoms with Crippen molar-refractivity contribution in [2.45, 2.75) is 6.42 Å². The first-order chi connectivity index (χ1) is 6.72. The van der Waals surface area contributed by atoms with E-state index in [2.05, 4.69) is 45.3 Å². The molecule has 0 bridgehead atoms. The van der Waals surface area contributed by atoms with E-state index in [4.69, 9.17) is 0 Å². The maximum Gasteiger partial charge on any atom is 0.0701 e. The highest BCUT2D eigenvalue weighted by Crippen LogP contribution is 2.22. The molecule has 0 aliphatic carbocycles. The third-order valence-electron chi connectivity index (χ3n) is 2.11. The summed E-state index contributed by atoms with van der Waals surface area (Å²) in [5.41, 5.74) is 0. The third kappa shape index (κ3) is 4.55. The molecule has 0 saturated carbocycles. The second-order valence-corrected chi connectivity index (χ2v) is 5.91. The Morgan fingerprint density at radius 2 is 2.21 bits per heavy atom. The topological polar surface area (TPSA) is 15.3 Å². The molecular weight excluding hydrogens is 260 g/mol. The molecule has 4 heteroatoms. The number of likely N-dealkylation sites (N-methyl/N-ethyl adjacent to an activating group) is 2. The van der Waals surface area contributed by atoms with Gasteiger partial charge in [-0.1, -0.05) is 0 Å². The van der Waals surface area contributed by atoms with Crippen LogP contribution in [0.1, 0.15) is 4.88 Å². The Bertz CT molecular complexity index is 262. The van der Waals surface area contributed by atoms with Gasteiger partial charge in [-0.25, -0.2) is 0 Å². The number of nitrogens with one attached hydrogen (secondary N) is 1. The van der Waals surface area contributed by atoms with Crippen LogP contribution in [0.3, 0.4) is 0 Å². The Labute approximate surface area is 98.4 Å². The highest BCUT2D eigenvalue weighted by atomic mass is 79.9. The molecule has 2 nitrogen and oxygen atoms in total. The van der Waals surface area contributed by atoms with Crippen molar-refractivity contribution < 1.29 is 0 Å². The van der Waals surface area contributed by atoms with Crippen LogP contribution in [0.5, 0.6) is 0 Å². The van der Waals surface area contributed by atoms with Crippen LogP contribution in [-0.2, 0) is 6.42 Å². The number of halogens is 1. The monoisotopic (exact) mass is 276 g/mol. The lowest BCUT2D eigenvalue weighted by atomic mass is 10.3. The zero-order chi connectivity index (χ0) is 10.4. The maximum atomic E-state index is 3.48. The normalized spacial score (nSPS) is 11.1. The van der Waals surface area contributed by atoms with Crippen molar-refractivity contribution in [3.05, 3.63) is 20.8 Å². The van der Waals surface area contributed by atoms with Crippen LogP contribution in [0, 0.1) is 0 Å². The van der Waals surface area contributed by atoms with Gasteiger partial charge in [0.1, 0.15) is 0 Å². The predicted octanol–water partition coefficient (Wildman–Crippen LogP) is 2.20. The van der Waals surface area contributed by atoms with Gasteiger partial charge in [0.15, 0.2) is 0 Å². The number of hydrogen-bond donors (Lipinski definition) is 1. The second-order valence-electron chi connectivity index (χ2n) is 3.36. The number of rotatable bonds is 6. The van der Waals surface area contributed by atoms with E-state index in [0.717, 1.165) is 26.1 Å². The molecule has 80 valence electrons. The molecule has 0 aromatic carbocycles. The molecule has 1 heterocycles. The Morgan fingerprint density at radius 3 is 2.79 bits per heavy atom. The minimum absolute atomic E-state index is 1.06. The average molecular weight is 277 g/mol. The fourth-order valence-electron chi connectivity index (χ4n) is 1.20. The summed E-state index contributed by atoms with van der Waals surface area (Å²) in [4.78, 5) is 3.80. The molecule has 1 rings (SSSR count). The van der Waals surface area contributed by atoms with Crippen LogP contribution in [0.15, 0.2) is 15.9 Å². The standard InChI is InChI=1S/C10H17BrN2S/c1-12-6-8-13(2)7-5-9-3-4-10(11)14-9/h3-4,12H,5-8H2,1-2H3. The van der Waals surface area contributed by atoms with E-state index < -0.39 is 0 Å². The predicted molar refractivity (Wildman–Crippen MR) is 67.1 cm³/mol. The van der Waals surface area contributed by atoms with Crippen molar-refractivity contribution >= 4 is 27.3 Å². The third-order valence-corrected chi connectivity index (χ3v) is 3.80. The fourth-order valence-corrected chi connectivity index (χ4v) is 2.67. The molecule has 0 saturated heterocycles. The van der Waals surface area contributed by atoms with Gasteiger partial charge in [-0.2, -0.15) is 0 Å². The van der Waals surface area contributed by atoms with E-state index in [0.29, 0.717) is 0 Å². The number of hydrogen-bond acceptors (Lipinski definition) is 3. The Morgan fingerprint density at radius 1 is 1.43 bits per heavy atom. The maximum absolute atomic E-state index is 3.48. The molecule has 0 amide bonds. The molecule has 0 unspecified atom stereocenters. The van der Waals surface area contributed by atoms with Gasteiger partial charge >= 0.3 is 0 Å². The molecule has 0 fully saturated rings. The summed E-state index contributed by atoms with van der Waals surface area (Å²) >= 11 is 5.30. The van der Waals surface area contributed by atoms with Crippen molar-refractivity contribution in [1.82, 2.24) is 10.2 Å². The van der Waals surface area contributed by atoms with Gasteiger partial charge in [0.2, 0.25) is 0 Å². The van der Waals surface area contributed by atoms with E-state index in [-0.39, 0.29) is 0 Å². The highest BCUT2D eigenvalue weighted by Gasteiger charge is 2.00. The molecule has 0 atom stereocenters. The highest BCUT2D eigenvalue weighted by molar-refractivity contribution is 9.11. The van der Waals surface area contributed by atoms with Crippen LogP contribution in [0.2, 0.25) is 0 Å². The smallest absolute Gasteiger partial charge is 0.0701 e. The Balaban J connectivity index is 2.20. The first-order valence-electron chi connectivity index (χ1n) is 4.79. The summed E-state index contributed by atoms with van der Waals surface area (Å²) in [7, 11) is 4.16. The van der Waals surface area contributed by atoms with Gasteiger partial charge < -0.3 is 10.2 Å². The van der Waals surface area contributed by atoms with Crippen molar-refractivity contribution in [2.75, 3.05) is 33.7 Å². The van der Waals surface area contributed by atoms with E-state index in [9.17, 15) is 0 Å². The minimum Gasteiger partial charge on any atom is -0.318 e. The second kappa shape index (κ2) is 6.56. The average Bonchev–Trinajstić information content (AvgIpc) is 2.58. The van der Waals surface area contributed by atoms with Gasteiger partial charge in [0.05, 0.1) is 3.79 Å². The minimum atomic E-state index is 1.06. The van der Waals surface area contributed by atoms with Crippen molar-refractivity contribution in [1.29, 1.82) is 0 Å². The van der Waals surface area contributed by atoms with Crippen molar-refractivity contribution in [3.63, 3.8) is 0 Å². The molecule has 0 aliphatic heterocycles. The van der Waals surface area contributed by atoms with Crippen LogP contribution < -0.4 is 5.32 Å². The summed E-state index contributed by atoms with van der Waals surface area (Å²) in [6.07, 6.45) is 1.15. The van der Waals surface area contributed by atoms with Gasteiger partial charge in [0.25, 0.3) is 0 Å². The molecule has 0 radical (unpaired) electrons. The molecule has 1 aromatic heterocycles. The molecule has 14 heavy (non-hydrogen) atoms. The molecule has 0 spiro atoms. The van der Waals surface area contributed by atoms with Crippen LogP contribution in [0.25, 0.3) is 0 Å². The van der Waals surface area contributed by atoms with E-state index in [1.807, 2.05) is 18.4 Å². The van der Waals surface area contributed by atoms with Gasteiger partial charge in [-0.3, -0.25) is 0 Å². The van der Waals surface area contributed by atoms with Crippen molar-refractivity contribution in [2.24, 2.45) is 0 Å². The lowest BCUT2D eigenvalue weighted by molar-refractivity contribution is 0.340. The van der Waals surface area contributed by atoms with E-state index in [1.165, 1.54) is 8.66 Å². The van der Waals surface area contributed by atoms with E-state index in [1.54, 1.807) is 0 Å². The Hall–Kier alpha value is 0.1000. The zero-order valence-corrected chi connectivity index (χ0v) is 11.1. The molecule has 1 N–H and O–H groups in total. The summed E-state index contributed by atoms with van der Waals surface area (Å²) in [5, 5.41) is 3.15. The summed E-state index contributed by atoms with van der Waals surface area (Å²) in [6, 6.07) is 4.31. The summed E-state index contributed by atoms with van der Waals surface area (Å²) < 4.78 is 1.23. The summed E-state index contributed by atoms with van der Waals surface area (Å²) in [5.74, 6) is 0. The van der Waals surface area contributed by atoms with E-state index >= 15 is 0 Å². The first-order valence-corrected chi connectivity index (χ1v) is 6.40. The van der Waals surface area contributed by atoms with Gasteiger partial charge in [0, 0.05) is 24.5 Å². The van der Waals surface area contributed by atoms with Crippen LogP contribution in [-0.4, -0.2) is 38.6 Å². The zero-order valence-electron chi connectivity index (χ0n) is 8.72. The van der Waals surface area contributed by atoms with Crippen LogP contribution in [0.4, 0.5) is 0 Å². The molecular formula is C10H17BrN2S. The lowest BCUT2D eigenvalue weighted by Gasteiger charge is -2.15. The van der Waals surface area contributed by atoms with Crippen LogP contribution >= 0.6 is 27.3 Å². The largest absolute Gasteiger partial charge is 0.318 e. The SMILES string of the molecule is CNCCN(C)CCc1ccc(Br)s1. The first kappa shape index (κ1) is 12.2.